The number of hydrogen-bond donors (Lipinski definition) is 0. The molecule has 1 fully saturated rings. The van der Waals surface area contributed by atoms with Crippen molar-refractivity contribution in [1.29, 1.82) is 0 Å². The number of fused-ring (bicyclic) bond motifs is 1. The highest BCUT2D eigenvalue weighted by molar-refractivity contribution is 6.04. The molecule has 5 rings (SSSR count). The van der Waals surface area contributed by atoms with Crippen LogP contribution in [-0.2, 0) is 16.1 Å². The van der Waals surface area contributed by atoms with E-state index >= 15 is 0 Å². The van der Waals surface area contributed by atoms with E-state index in [2.05, 4.69) is 10.3 Å². The number of imide groups is 1. The Morgan fingerprint density at radius 3 is 2.58 bits per heavy atom. The van der Waals surface area contributed by atoms with Gasteiger partial charge >= 0.3 is 0 Å². The normalized spacial score (nSPS) is 16.1. The van der Waals surface area contributed by atoms with E-state index in [0.717, 1.165) is 27.6 Å². The maximum Gasteiger partial charge on any atom is 0.273 e. The van der Waals surface area contributed by atoms with E-state index < -0.39 is 0 Å². The van der Waals surface area contributed by atoms with Gasteiger partial charge in [0, 0.05) is 24.0 Å². The lowest BCUT2D eigenvalue weighted by Gasteiger charge is -2.32. The number of carbonyl (C=O) groups excluding carboxylic acids is 3. The lowest BCUT2D eigenvalue weighted by atomic mass is 10.1. The maximum atomic E-state index is 12.8. The number of piperidine rings is 1. The van der Waals surface area contributed by atoms with Crippen molar-refractivity contribution in [3.8, 4) is 22.7 Å². The summed E-state index contributed by atoms with van der Waals surface area (Å²) in [6.07, 6.45) is 2.85. The van der Waals surface area contributed by atoms with Crippen LogP contribution in [0.3, 0.4) is 0 Å². The van der Waals surface area contributed by atoms with Crippen LogP contribution < -0.4 is 4.74 Å². The summed E-state index contributed by atoms with van der Waals surface area (Å²) in [6.45, 7) is 0.164. The van der Waals surface area contributed by atoms with Crippen molar-refractivity contribution in [2.24, 2.45) is 0 Å². The minimum Gasteiger partial charge on any atom is -0.497 e. The Labute approximate surface area is 177 Å². The molecule has 156 valence electrons. The SMILES string of the molecule is COc1cccc(-c2cn(-c3ccc4c(c3)CN(N3C(=O)CCCC3=O)C4=O)nn2)c1. The van der Waals surface area contributed by atoms with E-state index in [4.69, 9.17) is 4.74 Å². The monoisotopic (exact) mass is 417 g/mol. The van der Waals surface area contributed by atoms with Crippen LogP contribution in [0.15, 0.2) is 48.7 Å². The Balaban J connectivity index is 1.43. The second kappa shape index (κ2) is 7.35. The number of hydrazine groups is 1. The summed E-state index contributed by atoms with van der Waals surface area (Å²) in [5, 5.41) is 10.7. The highest BCUT2D eigenvalue weighted by Gasteiger charge is 2.39. The summed E-state index contributed by atoms with van der Waals surface area (Å²) in [7, 11) is 1.61. The molecule has 3 heterocycles. The Bertz CT molecular complexity index is 1200. The molecular weight excluding hydrogens is 398 g/mol. The third kappa shape index (κ3) is 3.24. The number of carbonyl (C=O) groups is 3. The number of rotatable bonds is 4. The van der Waals surface area contributed by atoms with Crippen LogP contribution in [0.25, 0.3) is 16.9 Å². The molecule has 9 nitrogen and oxygen atoms in total. The second-order valence-corrected chi connectivity index (χ2v) is 7.44. The molecule has 2 aromatic carbocycles. The van der Waals surface area contributed by atoms with Crippen LogP contribution in [0.5, 0.6) is 5.75 Å². The van der Waals surface area contributed by atoms with Gasteiger partial charge in [0.05, 0.1) is 25.5 Å². The van der Waals surface area contributed by atoms with Crippen molar-refractivity contribution >= 4 is 17.7 Å². The molecule has 9 heteroatoms. The molecule has 0 atom stereocenters. The van der Waals surface area contributed by atoms with Crippen LogP contribution in [-0.4, -0.2) is 49.8 Å². The molecule has 0 saturated carbocycles. The minimum absolute atomic E-state index is 0.164. The van der Waals surface area contributed by atoms with Gasteiger partial charge < -0.3 is 4.74 Å². The maximum absolute atomic E-state index is 12.8. The fourth-order valence-electron chi connectivity index (χ4n) is 3.91. The third-order valence-corrected chi connectivity index (χ3v) is 5.49. The van der Waals surface area contributed by atoms with E-state index in [-0.39, 0.29) is 37.1 Å². The van der Waals surface area contributed by atoms with Gasteiger partial charge in [-0.1, -0.05) is 17.3 Å². The zero-order chi connectivity index (χ0) is 21.5. The van der Waals surface area contributed by atoms with E-state index in [9.17, 15) is 14.4 Å². The molecule has 0 radical (unpaired) electrons. The van der Waals surface area contributed by atoms with E-state index in [1.54, 1.807) is 30.1 Å². The number of amides is 3. The number of aromatic nitrogens is 3. The number of methoxy groups -OCH3 is 1. The lowest BCUT2D eigenvalue weighted by Crippen LogP contribution is -2.51. The molecular formula is C22H19N5O4. The van der Waals surface area contributed by atoms with Crippen LogP contribution in [0.2, 0.25) is 0 Å². The van der Waals surface area contributed by atoms with Crippen molar-refractivity contribution in [2.75, 3.05) is 7.11 Å². The zero-order valence-corrected chi connectivity index (χ0v) is 16.8. The molecule has 1 aromatic heterocycles. The Morgan fingerprint density at radius 1 is 1.00 bits per heavy atom. The van der Waals surface area contributed by atoms with Crippen LogP contribution >= 0.6 is 0 Å². The zero-order valence-electron chi connectivity index (χ0n) is 16.8. The topological polar surface area (TPSA) is 97.6 Å². The Morgan fingerprint density at radius 2 is 1.81 bits per heavy atom. The Hall–Kier alpha value is -4.01. The summed E-state index contributed by atoms with van der Waals surface area (Å²) in [5.41, 5.74) is 3.48. The van der Waals surface area contributed by atoms with Gasteiger partial charge in [0.15, 0.2) is 0 Å². The van der Waals surface area contributed by atoms with Crippen LogP contribution in [0, 0.1) is 0 Å². The average molecular weight is 417 g/mol. The standard InChI is InChI=1S/C22H19N5O4/c1-31-17-5-2-4-14(11-17)19-13-25(24-23-19)16-8-9-18-15(10-16)12-26(22(18)30)27-20(28)6-3-7-21(27)29/h2,4-5,8-11,13H,3,6-7,12H2,1H3. The molecule has 3 amide bonds. The summed E-state index contributed by atoms with van der Waals surface area (Å²) in [5.74, 6) is -0.292. The summed E-state index contributed by atoms with van der Waals surface area (Å²) in [4.78, 5) is 37.3. The van der Waals surface area contributed by atoms with Gasteiger partial charge in [-0.3, -0.25) is 14.4 Å². The van der Waals surface area contributed by atoms with Gasteiger partial charge in [-0.2, -0.15) is 5.01 Å². The molecule has 2 aliphatic heterocycles. The smallest absolute Gasteiger partial charge is 0.273 e. The van der Waals surface area contributed by atoms with Crippen LogP contribution in [0.1, 0.15) is 35.2 Å². The number of nitrogens with zero attached hydrogens (tertiary/aromatic N) is 5. The largest absolute Gasteiger partial charge is 0.497 e. The fraction of sp³-hybridized carbons (Fsp3) is 0.227. The summed E-state index contributed by atoms with van der Waals surface area (Å²) in [6, 6.07) is 12.8. The first kappa shape index (κ1) is 19.0. The number of benzene rings is 2. The summed E-state index contributed by atoms with van der Waals surface area (Å²) < 4.78 is 6.88. The molecule has 3 aromatic rings. The summed E-state index contributed by atoms with van der Waals surface area (Å²) >= 11 is 0. The van der Waals surface area contributed by atoms with Crippen LogP contribution in [0.4, 0.5) is 0 Å². The van der Waals surface area contributed by atoms with Gasteiger partial charge in [-0.25, -0.2) is 9.69 Å². The first-order chi connectivity index (χ1) is 15.0. The van der Waals surface area contributed by atoms with Gasteiger partial charge in [0.1, 0.15) is 11.4 Å². The van der Waals surface area contributed by atoms with Crippen molar-refractivity contribution in [3.05, 3.63) is 59.8 Å². The lowest BCUT2D eigenvalue weighted by molar-refractivity contribution is -0.163. The molecule has 0 bridgehead atoms. The van der Waals surface area contributed by atoms with E-state index in [1.807, 2.05) is 30.3 Å². The predicted molar refractivity (Wildman–Crippen MR) is 109 cm³/mol. The van der Waals surface area contributed by atoms with Gasteiger partial charge in [-0.05, 0) is 42.3 Å². The molecule has 0 unspecified atom stereocenters. The minimum atomic E-state index is -0.346. The average Bonchev–Trinajstić information content (AvgIpc) is 3.39. The van der Waals surface area contributed by atoms with Gasteiger partial charge in [-0.15, -0.1) is 5.10 Å². The van der Waals surface area contributed by atoms with Gasteiger partial charge in [0.2, 0.25) is 11.8 Å². The molecule has 0 spiro atoms. The first-order valence-electron chi connectivity index (χ1n) is 9.93. The number of hydrogen-bond acceptors (Lipinski definition) is 6. The molecule has 0 aliphatic carbocycles. The first-order valence-corrected chi connectivity index (χ1v) is 9.93. The van der Waals surface area contributed by atoms with E-state index in [1.165, 1.54) is 5.01 Å². The number of ether oxygens (including phenoxy) is 1. The fourth-order valence-corrected chi connectivity index (χ4v) is 3.91. The van der Waals surface area contributed by atoms with Crippen molar-refractivity contribution in [3.63, 3.8) is 0 Å². The highest BCUT2D eigenvalue weighted by Crippen LogP contribution is 2.29. The van der Waals surface area contributed by atoms with Crippen molar-refractivity contribution < 1.29 is 19.1 Å². The molecule has 0 N–H and O–H groups in total. The van der Waals surface area contributed by atoms with Crippen molar-refractivity contribution in [1.82, 2.24) is 25.0 Å². The predicted octanol–water partition coefficient (Wildman–Crippen LogP) is 2.35. The van der Waals surface area contributed by atoms with Crippen molar-refractivity contribution in [2.45, 2.75) is 25.8 Å². The molecule has 1 saturated heterocycles. The highest BCUT2D eigenvalue weighted by atomic mass is 16.5. The van der Waals surface area contributed by atoms with Gasteiger partial charge in [0.25, 0.3) is 5.91 Å². The second-order valence-electron chi connectivity index (χ2n) is 7.44. The Kier molecular flexibility index (Phi) is 4.50. The van der Waals surface area contributed by atoms with E-state index in [0.29, 0.717) is 17.7 Å². The quantitative estimate of drug-likeness (QED) is 0.605. The molecule has 31 heavy (non-hydrogen) atoms. The molecule has 2 aliphatic rings. The third-order valence-electron chi connectivity index (χ3n) is 5.49.